The first-order valence-electron chi connectivity index (χ1n) is 5.36. The van der Waals surface area contributed by atoms with E-state index < -0.39 is 23.0 Å². The van der Waals surface area contributed by atoms with Gasteiger partial charge in [0.25, 0.3) is 0 Å². The maximum atomic E-state index is 13.9. The molecule has 0 spiro atoms. The highest BCUT2D eigenvalue weighted by molar-refractivity contribution is 6.42. The van der Waals surface area contributed by atoms with Gasteiger partial charge in [-0.2, -0.15) is 0 Å². The Hall–Kier alpha value is -1.45. The predicted octanol–water partition coefficient (Wildman–Crippen LogP) is 4.81. The maximum Gasteiger partial charge on any atom is 0.199 e. The molecule has 0 saturated heterocycles. The second-order valence-electron chi connectivity index (χ2n) is 4.01. The van der Waals surface area contributed by atoms with E-state index in [-0.39, 0.29) is 21.2 Å². The van der Waals surface area contributed by atoms with E-state index >= 15 is 0 Å². The van der Waals surface area contributed by atoms with Crippen LogP contribution >= 0.6 is 23.2 Å². The van der Waals surface area contributed by atoms with Crippen LogP contribution in [0.1, 0.15) is 21.5 Å². The SMILES string of the molecule is Cc1ccc(F)c(C(=O)c2ccc(Cl)c(Cl)c2)c1F. The molecule has 2 rings (SSSR count). The monoisotopic (exact) mass is 300 g/mol. The second-order valence-corrected chi connectivity index (χ2v) is 4.83. The minimum absolute atomic E-state index is 0.0813. The van der Waals surface area contributed by atoms with Gasteiger partial charge in [0.05, 0.1) is 15.6 Å². The van der Waals surface area contributed by atoms with E-state index in [0.717, 1.165) is 6.07 Å². The smallest absolute Gasteiger partial charge is 0.199 e. The van der Waals surface area contributed by atoms with E-state index in [1.165, 1.54) is 31.2 Å². The maximum absolute atomic E-state index is 13.9. The van der Waals surface area contributed by atoms with Gasteiger partial charge in [-0.25, -0.2) is 8.78 Å². The molecule has 0 fully saturated rings. The molecule has 0 amide bonds. The van der Waals surface area contributed by atoms with Crippen LogP contribution in [0.25, 0.3) is 0 Å². The van der Waals surface area contributed by atoms with Gasteiger partial charge in [0.15, 0.2) is 5.78 Å². The average molecular weight is 301 g/mol. The van der Waals surface area contributed by atoms with Crippen molar-refractivity contribution in [1.29, 1.82) is 0 Å². The molecule has 0 bridgehead atoms. The van der Waals surface area contributed by atoms with Crippen molar-refractivity contribution in [2.75, 3.05) is 0 Å². The van der Waals surface area contributed by atoms with Gasteiger partial charge < -0.3 is 0 Å². The number of halogens is 4. The van der Waals surface area contributed by atoms with Crippen LogP contribution in [0.2, 0.25) is 10.0 Å². The summed E-state index contributed by atoms with van der Waals surface area (Å²) in [5.41, 5.74) is -0.305. The predicted molar refractivity (Wildman–Crippen MR) is 71.0 cm³/mol. The number of carbonyl (C=O) groups excluding carboxylic acids is 1. The van der Waals surface area contributed by atoms with Crippen molar-refractivity contribution < 1.29 is 13.6 Å². The van der Waals surface area contributed by atoms with E-state index in [9.17, 15) is 13.6 Å². The van der Waals surface area contributed by atoms with Crippen LogP contribution in [-0.4, -0.2) is 5.78 Å². The molecule has 0 atom stereocenters. The zero-order valence-electron chi connectivity index (χ0n) is 9.81. The van der Waals surface area contributed by atoms with Gasteiger partial charge in [0.1, 0.15) is 11.6 Å². The summed E-state index contributed by atoms with van der Waals surface area (Å²) >= 11 is 11.5. The van der Waals surface area contributed by atoms with Crippen molar-refractivity contribution in [3.8, 4) is 0 Å². The Bertz CT molecular complexity index is 669. The summed E-state index contributed by atoms with van der Waals surface area (Å²) in [6, 6.07) is 6.40. The lowest BCUT2D eigenvalue weighted by atomic mass is 10.0. The fourth-order valence-corrected chi connectivity index (χ4v) is 1.94. The second kappa shape index (κ2) is 5.27. The molecule has 0 aromatic heterocycles. The Labute approximate surface area is 118 Å². The Kier molecular flexibility index (Phi) is 3.88. The topological polar surface area (TPSA) is 17.1 Å². The molecular formula is C14H8Cl2F2O. The van der Waals surface area contributed by atoms with Crippen molar-refractivity contribution in [1.82, 2.24) is 0 Å². The largest absolute Gasteiger partial charge is 0.288 e. The number of carbonyl (C=O) groups is 1. The molecule has 0 aliphatic rings. The number of rotatable bonds is 2. The Balaban J connectivity index is 2.56. The number of hydrogen-bond acceptors (Lipinski definition) is 1. The molecule has 2 aromatic carbocycles. The van der Waals surface area contributed by atoms with Crippen LogP contribution in [0.3, 0.4) is 0 Å². The molecule has 0 saturated carbocycles. The summed E-state index contributed by atoms with van der Waals surface area (Å²) in [4.78, 5) is 12.1. The Morgan fingerprint density at radius 3 is 2.37 bits per heavy atom. The standard InChI is InChI=1S/C14H8Cl2F2O/c1-7-2-5-11(17)12(13(7)18)14(19)8-3-4-9(15)10(16)6-8/h2-6H,1H3. The van der Waals surface area contributed by atoms with E-state index in [1.807, 2.05) is 0 Å². The first-order chi connectivity index (χ1) is 8.91. The fourth-order valence-electron chi connectivity index (χ4n) is 1.65. The van der Waals surface area contributed by atoms with Crippen LogP contribution in [0.5, 0.6) is 0 Å². The third-order valence-corrected chi connectivity index (χ3v) is 3.43. The average Bonchev–Trinajstić information content (AvgIpc) is 2.37. The van der Waals surface area contributed by atoms with Gasteiger partial charge in [-0.1, -0.05) is 29.3 Å². The van der Waals surface area contributed by atoms with E-state index in [4.69, 9.17) is 23.2 Å². The zero-order chi connectivity index (χ0) is 14.2. The molecule has 1 nitrogen and oxygen atoms in total. The number of aryl methyl sites for hydroxylation is 1. The van der Waals surface area contributed by atoms with Crippen LogP contribution in [0.4, 0.5) is 8.78 Å². The van der Waals surface area contributed by atoms with Crippen molar-refractivity contribution in [2.45, 2.75) is 6.92 Å². The highest BCUT2D eigenvalue weighted by Crippen LogP contribution is 2.26. The molecule has 0 aliphatic carbocycles. The minimum atomic E-state index is -0.904. The lowest BCUT2D eigenvalue weighted by Crippen LogP contribution is -2.08. The number of benzene rings is 2. The molecule has 0 radical (unpaired) electrons. The first-order valence-corrected chi connectivity index (χ1v) is 6.11. The van der Waals surface area contributed by atoms with E-state index in [1.54, 1.807) is 0 Å². The van der Waals surface area contributed by atoms with Crippen LogP contribution < -0.4 is 0 Å². The van der Waals surface area contributed by atoms with Crippen molar-refractivity contribution >= 4 is 29.0 Å². The molecule has 2 aromatic rings. The van der Waals surface area contributed by atoms with Gasteiger partial charge in [-0.05, 0) is 36.8 Å². The number of ketones is 1. The van der Waals surface area contributed by atoms with E-state index in [0.29, 0.717) is 0 Å². The molecule has 19 heavy (non-hydrogen) atoms. The molecule has 5 heteroatoms. The molecule has 0 unspecified atom stereocenters. The molecule has 0 heterocycles. The van der Waals surface area contributed by atoms with Gasteiger partial charge in [-0.15, -0.1) is 0 Å². The van der Waals surface area contributed by atoms with Crippen LogP contribution in [0.15, 0.2) is 30.3 Å². The minimum Gasteiger partial charge on any atom is -0.288 e. The third kappa shape index (κ3) is 2.62. The van der Waals surface area contributed by atoms with Gasteiger partial charge >= 0.3 is 0 Å². The molecular weight excluding hydrogens is 293 g/mol. The Morgan fingerprint density at radius 1 is 1.05 bits per heavy atom. The summed E-state index contributed by atoms with van der Waals surface area (Å²) in [7, 11) is 0. The van der Waals surface area contributed by atoms with Crippen molar-refractivity contribution in [3.05, 3.63) is 68.7 Å². The molecule has 0 aliphatic heterocycles. The quantitative estimate of drug-likeness (QED) is 0.727. The summed E-state index contributed by atoms with van der Waals surface area (Å²) in [5.74, 6) is -2.53. The van der Waals surface area contributed by atoms with Crippen molar-refractivity contribution in [2.24, 2.45) is 0 Å². The summed E-state index contributed by atoms with van der Waals surface area (Å²) in [6.45, 7) is 1.46. The Morgan fingerprint density at radius 2 is 1.74 bits per heavy atom. The van der Waals surface area contributed by atoms with Gasteiger partial charge in [-0.3, -0.25) is 4.79 Å². The molecule has 98 valence electrons. The van der Waals surface area contributed by atoms with Crippen LogP contribution in [0, 0.1) is 18.6 Å². The van der Waals surface area contributed by atoms with Gasteiger partial charge in [0, 0.05) is 5.56 Å². The summed E-state index contributed by atoms with van der Waals surface area (Å²) in [5, 5.41) is 0.421. The lowest BCUT2D eigenvalue weighted by Gasteiger charge is -2.07. The highest BCUT2D eigenvalue weighted by atomic mass is 35.5. The first kappa shape index (κ1) is 14.0. The zero-order valence-corrected chi connectivity index (χ0v) is 11.3. The normalized spacial score (nSPS) is 10.6. The highest BCUT2D eigenvalue weighted by Gasteiger charge is 2.21. The summed E-state index contributed by atoms with van der Waals surface area (Å²) < 4.78 is 27.5. The summed E-state index contributed by atoms with van der Waals surface area (Å²) in [6.07, 6.45) is 0. The fraction of sp³-hybridized carbons (Fsp3) is 0.0714. The third-order valence-electron chi connectivity index (χ3n) is 2.69. The molecule has 0 N–H and O–H groups in total. The lowest BCUT2D eigenvalue weighted by molar-refractivity contribution is 0.103. The van der Waals surface area contributed by atoms with Crippen molar-refractivity contribution in [3.63, 3.8) is 0 Å². The van der Waals surface area contributed by atoms with Crippen LogP contribution in [-0.2, 0) is 0 Å². The number of hydrogen-bond donors (Lipinski definition) is 0. The van der Waals surface area contributed by atoms with E-state index in [2.05, 4.69) is 0 Å². The van der Waals surface area contributed by atoms with Gasteiger partial charge in [0.2, 0.25) is 0 Å².